The van der Waals surface area contributed by atoms with Crippen molar-refractivity contribution < 1.29 is 9.59 Å². The molecule has 0 aliphatic carbocycles. The highest BCUT2D eigenvalue weighted by Crippen LogP contribution is 2.14. The molecular weight excluding hydrogens is 262 g/mol. The van der Waals surface area contributed by atoms with Crippen molar-refractivity contribution in [1.29, 1.82) is 0 Å². The zero-order valence-corrected chi connectivity index (χ0v) is 11.2. The third-order valence-corrected chi connectivity index (χ3v) is 3.19. The molecule has 6 heteroatoms. The van der Waals surface area contributed by atoms with Crippen LogP contribution in [0, 0.1) is 0 Å². The number of anilines is 2. The Labute approximate surface area is 114 Å². The molecule has 0 spiro atoms. The monoisotopic (exact) mass is 275 g/mol. The summed E-state index contributed by atoms with van der Waals surface area (Å²) in [5.41, 5.74) is 7.30. The van der Waals surface area contributed by atoms with Crippen molar-refractivity contribution in [3.63, 3.8) is 0 Å². The summed E-state index contributed by atoms with van der Waals surface area (Å²) in [6.07, 6.45) is 0.165. The van der Waals surface area contributed by atoms with Crippen molar-refractivity contribution in [3.8, 4) is 0 Å². The van der Waals surface area contributed by atoms with Crippen molar-refractivity contribution in [2.75, 3.05) is 11.1 Å². The summed E-state index contributed by atoms with van der Waals surface area (Å²) >= 11 is 1.30. The van der Waals surface area contributed by atoms with Gasteiger partial charge in [0.25, 0.3) is 0 Å². The number of Topliss-reactive ketones (excluding diaryl/α,β-unsaturated/α-hetero) is 1. The van der Waals surface area contributed by atoms with Crippen LogP contribution in [-0.4, -0.2) is 16.7 Å². The molecule has 0 fully saturated rings. The van der Waals surface area contributed by atoms with Gasteiger partial charge >= 0.3 is 0 Å². The number of rotatable bonds is 4. The van der Waals surface area contributed by atoms with Gasteiger partial charge < -0.3 is 11.1 Å². The average Bonchev–Trinajstić information content (AvgIpc) is 2.74. The fraction of sp³-hybridized carbons (Fsp3) is 0.154. The molecule has 0 aliphatic heterocycles. The number of nitrogens with two attached hydrogens (primary N) is 1. The largest absolute Gasteiger partial charge is 0.375 e. The van der Waals surface area contributed by atoms with E-state index < -0.39 is 0 Å². The van der Waals surface area contributed by atoms with Gasteiger partial charge in [0.05, 0.1) is 12.1 Å². The van der Waals surface area contributed by atoms with Gasteiger partial charge in [0.1, 0.15) is 0 Å². The van der Waals surface area contributed by atoms with Crippen LogP contribution in [0.3, 0.4) is 0 Å². The highest BCUT2D eigenvalue weighted by Gasteiger charge is 2.08. The predicted molar refractivity (Wildman–Crippen MR) is 75.3 cm³/mol. The first-order chi connectivity index (χ1) is 9.04. The van der Waals surface area contributed by atoms with Crippen LogP contribution in [0.15, 0.2) is 29.6 Å². The molecule has 0 bridgehead atoms. The molecule has 2 rings (SSSR count). The maximum absolute atomic E-state index is 11.8. The number of hydrogen-bond donors (Lipinski definition) is 2. The Morgan fingerprint density at radius 1 is 1.42 bits per heavy atom. The van der Waals surface area contributed by atoms with Crippen molar-refractivity contribution >= 4 is 33.8 Å². The van der Waals surface area contributed by atoms with Crippen molar-refractivity contribution in [1.82, 2.24) is 4.98 Å². The van der Waals surface area contributed by atoms with Gasteiger partial charge in [-0.25, -0.2) is 4.98 Å². The number of hydrogen-bond acceptors (Lipinski definition) is 5. The number of aromatic nitrogens is 1. The van der Waals surface area contributed by atoms with Crippen LogP contribution in [0.1, 0.15) is 23.0 Å². The summed E-state index contributed by atoms with van der Waals surface area (Å²) in [5.74, 6) is -0.227. The lowest BCUT2D eigenvalue weighted by Gasteiger charge is -2.05. The second-order valence-electron chi connectivity index (χ2n) is 4.04. The smallest absolute Gasteiger partial charge is 0.230 e. The average molecular weight is 275 g/mol. The maximum atomic E-state index is 11.8. The van der Waals surface area contributed by atoms with E-state index in [0.29, 0.717) is 22.1 Å². The van der Waals surface area contributed by atoms with Crippen LogP contribution in [-0.2, 0) is 11.2 Å². The molecule has 0 saturated carbocycles. The van der Waals surface area contributed by atoms with Crippen LogP contribution in [0.2, 0.25) is 0 Å². The summed E-state index contributed by atoms with van der Waals surface area (Å²) in [6, 6.07) is 6.82. The van der Waals surface area contributed by atoms with Gasteiger partial charge in [-0.05, 0) is 19.1 Å². The third-order valence-electron chi connectivity index (χ3n) is 2.46. The van der Waals surface area contributed by atoms with E-state index in [1.807, 2.05) is 0 Å². The quantitative estimate of drug-likeness (QED) is 0.837. The second kappa shape index (κ2) is 5.62. The highest BCUT2D eigenvalue weighted by atomic mass is 32.1. The number of thiazole rings is 1. The first kappa shape index (κ1) is 13.2. The van der Waals surface area contributed by atoms with Crippen LogP contribution >= 0.6 is 11.3 Å². The molecule has 5 nitrogen and oxygen atoms in total. The molecule has 19 heavy (non-hydrogen) atoms. The second-order valence-corrected chi connectivity index (χ2v) is 4.93. The molecular formula is C13H13N3O2S. The summed E-state index contributed by atoms with van der Waals surface area (Å²) in [6.45, 7) is 1.49. The lowest BCUT2D eigenvalue weighted by atomic mass is 10.1. The van der Waals surface area contributed by atoms with E-state index in [0.717, 1.165) is 0 Å². The van der Waals surface area contributed by atoms with Gasteiger partial charge in [-0.2, -0.15) is 0 Å². The topological polar surface area (TPSA) is 85.1 Å². The van der Waals surface area contributed by atoms with Crippen LogP contribution < -0.4 is 11.1 Å². The third kappa shape index (κ3) is 3.62. The highest BCUT2D eigenvalue weighted by molar-refractivity contribution is 7.13. The van der Waals surface area contributed by atoms with Crippen LogP contribution in [0.5, 0.6) is 0 Å². The van der Waals surface area contributed by atoms with Crippen LogP contribution in [0.25, 0.3) is 0 Å². The number of carbonyl (C=O) groups excluding carboxylic acids is 2. The number of amides is 1. The lowest BCUT2D eigenvalue weighted by Crippen LogP contribution is -2.14. The summed E-state index contributed by atoms with van der Waals surface area (Å²) in [5, 5.41) is 4.92. The summed E-state index contributed by atoms with van der Waals surface area (Å²) in [7, 11) is 0. The van der Waals surface area contributed by atoms with E-state index in [2.05, 4.69) is 10.3 Å². The molecule has 0 aliphatic rings. The predicted octanol–water partition coefficient (Wildman–Crippen LogP) is 2.11. The van der Waals surface area contributed by atoms with E-state index in [9.17, 15) is 9.59 Å². The molecule has 0 atom stereocenters. The molecule has 1 aromatic carbocycles. The number of carbonyl (C=O) groups is 2. The molecule has 0 radical (unpaired) electrons. The van der Waals surface area contributed by atoms with Gasteiger partial charge in [-0.15, -0.1) is 11.3 Å². The maximum Gasteiger partial charge on any atom is 0.230 e. The molecule has 2 aromatic rings. The molecule has 0 saturated heterocycles. The number of nitrogens with one attached hydrogen (secondary N) is 1. The number of benzene rings is 1. The fourth-order valence-corrected chi connectivity index (χ4v) is 2.15. The van der Waals surface area contributed by atoms with E-state index in [1.165, 1.54) is 18.3 Å². The standard InChI is InChI=1S/C13H13N3O2S/c1-8(17)9-3-2-4-10(5-9)15-12(18)6-11-7-19-13(14)16-11/h2-5,7H,6H2,1H3,(H2,14,16)(H,15,18). The SMILES string of the molecule is CC(=O)c1cccc(NC(=O)Cc2csc(N)n2)c1. The molecule has 1 aromatic heterocycles. The van der Waals surface area contributed by atoms with Crippen molar-refractivity contribution in [3.05, 3.63) is 40.9 Å². The molecule has 3 N–H and O–H groups in total. The Morgan fingerprint density at radius 2 is 2.21 bits per heavy atom. The van der Waals surface area contributed by atoms with Gasteiger partial charge in [-0.1, -0.05) is 12.1 Å². The summed E-state index contributed by atoms with van der Waals surface area (Å²) in [4.78, 5) is 27.1. The van der Waals surface area contributed by atoms with Crippen molar-refractivity contribution in [2.45, 2.75) is 13.3 Å². The Morgan fingerprint density at radius 3 is 2.84 bits per heavy atom. The fourth-order valence-electron chi connectivity index (χ4n) is 1.59. The zero-order chi connectivity index (χ0) is 13.8. The minimum Gasteiger partial charge on any atom is -0.375 e. The Kier molecular flexibility index (Phi) is 3.91. The first-order valence-corrected chi connectivity index (χ1v) is 6.53. The van der Waals surface area contributed by atoms with E-state index >= 15 is 0 Å². The van der Waals surface area contributed by atoms with E-state index in [4.69, 9.17) is 5.73 Å². The number of nitrogen functional groups attached to an aromatic ring is 1. The summed E-state index contributed by atoms with van der Waals surface area (Å²) < 4.78 is 0. The molecule has 0 unspecified atom stereocenters. The van der Waals surface area contributed by atoms with E-state index in [1.54, 1.807) is 29.6 Å². The molecule has 98 valence electrons. The van der Waals surface area contributed by atoms with E-state index in [-0.39, 0.29) is 18.1 Å². The molecule has 1 heterocycles. The molecule has 1 amide bonds. The Bertz CT molecular complexity index is 622. The zero-order valence-electron chi connectivity index (χ0n) is 10.3. The minimum absolute atomic E-state index is 0.0385. The first-order valence-electron chi connectivity index (χ1n) is 5.65. The normalized spacial score (nSPS) is 10.2. The number of ketones is 1. The minimum atomic E-state index is -0.189. The Balaban J connectivity index is 2.02. The van der Waals surface area contributed by atoms with Crippen molar-refractivity contribution in [2.24, 2.45) is 0 Å². The van der Waals surface area contributed by atoms with Gasteiger partial charge in [0, 0.05) is 16.6 Å². The van der Waals surface area contributed by atoms with Crippen LogP contribution in [0.4, 0.5) is 10.8 Å². The van der Waals surface area contributed by atoms with Gasteiger partial charge in [0.2, 0.25) is 5.91 Å². The van der Waals surface area contributed by atoms with Gasteiger partial charge in [-0.3, -0.25) is 9.59 Å². The Hall–Kier alpha value is -2.21. The van der Waals surface area contributed by atoms with Gasteiger partial charge in [0.15, 0.2) is 10.9 Å². The number of nitrogens with zero attached hydrogens (tertiary/aromatic N) is 1. The lowest BCUT2D eigenvalue weighted by molar-refractivity contribution is -0.115.